The molecule has 2 aromatic rings. The summed E-state index contributed by atoms with van der Waals surface area (Å²) in [7, 11) is 0. The van der Waals surface area contributed by atoms with Gasteiger partial charge in [-0.3, -0.25) is 0 Å². The van der Waals surface area contributed by atoms with Crippen molar-refractivity contribution in [1.29, 1.82) is 0 Å². The highest BCUT2D eigenvalue weighted by Crippen LogP contribution is 2.20. The lowest BCUT2D eigenvalue weighted by atomic mass is 10.1. The summed E-state index contributed by atoms with van der Waals surface area (Å²) in [6, 6.07) is 9.89. The van der Waals surface area contributed by atoms with Crippen molar-refractivity contribution in [1.82, 2.24) is 9.97 Å². The summed E-state index contributed by atoms with van der Waals surface area (Å²) >= 11 is 0. The maximum absolute atomic E-state index is 6.09. The number of benzene rings is 1. The summed E-state index contributed by atoms with van der Waals surface area (Å²) in [5, 5.41) is 0. The minimum absolute atomic E-state index is 0.649. The molecule has 0 saturated carbocycles. The van der Waals surface area contributed by atoms with E-state index < -0.39 is 0 Å². The first-order chi connectivity index (χ1) is 7.86. The van der Waals surface area contributed by atoms with Gasteiger partial charge in [0.15, 0.2) is 0 Å². The molecule has 2 heterocycles. The number of hydrogen-bond acceptors (Lipinski definition) is 3. The molecule has 4 nitrogen and oxygen atoms in total. The number of nitrogens with zero attached hydrogens (tertiary/aromatic N) is 3. The Hall–Kier alpha value is -2.23. The Morgan fingerprint density at radius 1 is 1.06 bits per heavy atom. The number of rotatable bonds is 1. The van der Waals surface area contributed by atoms with E-state index in [1.54, 1.807) is 18.5 Å². The van der Waals surface area contributed by atoms with E-state index in [0.29, 0.717) is 5.95 Å². The smallest absolute Gasteiger partial charge is 0.334 e. The highest BCUT2D eigenvalue weighted by molar-refractivity contribution is 5.96. The lowest BCUT2D eigenvalue weighted by molar-refractivity contribution is -0.461. The van der Waals surface area contributed by atoms with Crippen LogP contribution in [0.25, 0.3) is 0 Å². The maximum Gasteiger partial charge on any atom is 0.385 e. The molecule has 0 bridgehead atoms. The van der Waals surface area contributed by atoms with Crippen LogP contribution >= 0.6 is 0 Å². The second-order valence-electron chi connectivity index (χ2n) is 3.68. The monoisotopic (exact) mass is 211 g/mol. The normalized spacial score (nSPS) is 14.0. The van der Waals surface area contributed by atoms with E-state index in [0.717, 1.165) is 17.9 Å². The summed E-state index contributed by atoms with van der Waals surface area (Å²) in [4.78, 5) is 8.42. The fourth-order valence-electron chi connectivity index (χ4n) is 1.92. The second-order valence-corrected chi connectivity index (χ2v) is 3.68. The SMILES string of the molecule is NC1=[N+](c2ncccn2)Cc2ccccc21. The fraction of sp³-hybridized carbons (Fsp3) is 0.0833. The van der Waals surface area contributed by atoms with Crippen LogP contribution < -0.4 is 5.73 Å². The third kappa shape index (κ3) is 1.27. The standard InChI is InChI=1S/C12H10N4/c13-11-10-5-2-1-4-9(10)8-16(11)12-14-6-3-7-15-12/h1-7,13H,8H2/p+1. The van der Waals surface area contributed by atoms with E-state index in [-0.39, 0.29) is 0 Å². The molecule has 1 aromatic heterocycles. The highest BCUT2D eigenvalue weighted by atomic mass is 15.2. The predicted molar refractivity (Wildman–Crippen MR) is 60.4 cm³/mol. The van der Waals surface area contributed by atoms with E-state index in [1.165, 1.54) is 5.56 Å². The van der Waals surface area contributed by atoms with E-state index in [4.69, 9.17) is 5.73 Å². The van der Waals surface area contributed by atoms with Gasteiger partial charge in [-0.15, -0.1) is 9.97 Å². The van der Waals surface area contributed by atoms with Gasteiger partial charge in [0.1, 0.15) is 0 Å². The molecular weight excluding hydrogens is 200 g/mol. The van der Waals surface area contributed by atoms with Crippen molar-refractivity contribution in [2.24, 2.45) is 5.73 Å². The highest BCUT2D eigenvalue weighted by Gasteiger charge is 2.24. The van der Waals surface area contributed by atoms with Crippen LogP contribution in [0, 0.1) is 0 Å². The lowest BCUT2D eigenvalue weighted by Crippen LogP contribution is -2.21. The zero-order valence-corrected chi connectivity index (χ0v) is 8.67. The van der Waals surface area contributed by atoms with Gasteiger partial charge in [-0.1, -0.05) is 18.2 Å². The number of fused-ring (bicyclic) bond motifs is 1. The maximum atomic E-state index is 6.09. The zero-order chi connectivity index (χ0) is 11.0. The van der Waals surface area contributed by atoms with Gasteiger partial charge in [0, 0.05) is 5.56 Å². The number of hydrogen-bond donors (Lipinski definition) is 1. The average molecular weight is 211 g/mol. The lowest BCUT2D eigenvalue weighted by Gasteiger charge is -1.97. The Morgan fingerprint density at radius 3 is 2.56 bits per heavy atom. The molecule has 0 fully saturated rings. The van der Waals surface area contributed by atoms with Gasteiger partial charge in [-0.05, 0) is 17.7 Å². The first kappa shape index (κ1) is 9.03. The van der Waals surface area contributed by atoms with Gasteiger partial charge in [0.05, 0.1) is 18.9 Å². The Morgan fingerprint density at radius 2 is 1.81 bits per heavy atom. The van der Waals surface area contributed by atoms with E-state index in [2.05, 4.69) is 16.0 Å². The second kappa shape index (κ2) is 3.41. The first-order valence-corrected chi connectivity index (χ1v) is 5.11. The van der Waals surface area contributed by atoms with E-state index in [1.807, 2.05) is 22.8 Å². The minimum atomic E-state index is 0.649. The van der Waals surface area contributed by atoms with E-state index >= 15 is 0 Å². The quantitative estimate of drug-likeness (QED) is 0.717. The van der Waals surface area contributed by atoms with Crippen LogP contribution in [0.5, 0.6) is 0 Å². The van der Waals surface area contributed by atoms with Crippen LogP contribution in [0.2, 0.25) is 0 Å². The molecule has 16 heavy (non-hydrogen) atoms. The molecule has 0 amide bonds. The number of nitrogens with two attached hydrogens (primary N) is 1. The molecule has 1 aromatic carbocycles. The third-order valence-corrected chi connectivity index (χ3v) is 2.71. The van der Waals surface area contributed by atoms with Gasteiger partial charge in [-0.2, -0.15) is 0 Å². The molecule has 1 aliphatic heterocycles. The van der Waals surface area contributed by atoms with Crippen molar-refractivity contribution in [3.05, 3.63) is 53.9 Å². The van der Waals surface area contributed by atoms with Crippen LogP contribution in [0.15, 0.2) is 42.7 Å². The molecule has 2 N–H and O–H groups in total. The zero-order valence-electron chi connectivity index (χ0n) is 8.67. The average Bonchev–Trinajstić information content (AvgIpc) is 2.69. The van der Waals surface area contributed by atoms with Crippen molar-refractivity contribution in [3.8, 4) is 0 Å². The van der Waals surface area contributed by atoms with Gasteiger partial charge in [0.2, 0.25) is 5.84 Å². The summed E-state index contributed by atoms with van der Waals surface area (Å²) in [6.07, 6.45) is 3.44. The Kier molecular flexibility index (Phi) is 1.93. The Labute approximate surface area is 93.1 Å². The van der Waals surface area contributed by atoms with Gasteiger partial charge in [-0.25, -0.2) is 4.58 Å². The fourth-order valence-corrected chi connectivity index (χ4v) is 1.92. The van der Waals surface area contributed by atoms with Gasteiger partial charge >= 0.3 is 5.95 Å². The van der Waals surface area contributed by atoms with Gasteiger partial charge < -0.3 is 5.73 Å². The van der Waals surface area contributed by atoms with Crippen LogP contribution in [0.3, 0.4) is 0 Å². The molecular formula is C12H11N4+. The summed E-state index contributed by atoms with van der Waals surface area (Å²) in [5.74, 6) is 1.37. The van der Waals surface area contributed by atoms with Crippen molar-refractivity contribution in [3.63, 3.8) is 0 Å². The van der Waals surface area contributed by atoms with Crippen molar-refractivity contribution in [2.75, 3.05) is 0 Å². The molecule has 0 saturated heterocycles. The predicted octanol–water partition coefficient (Wildman–Crippen LogP) is 1.04. The van der Waals surface area contributed by atoms with Crippen LogP contribution in [-0.4, -0.2) is 20.4 Å². The topological polar surface area (TPSA) is 54.8 Å². The molecule has 4 heteroatoms. The Balaban J connectivity index is 2.11. The van der Waals surface area contributed by atoms with Gasteiger partial charge in [0.25, 0.3) is 0 Å². The third-order valence-electron chi connectivity index (χ3n) is 2.71. The van der Waals surface area contributed by atoms with E-state index in [9.17, 15) is 0 Å². The molecule has 0 unspecified atom stereocenters. The largest absolute Gasteiger partial charge is 0.385 e. The molecule has 1 aliphatic rings. The van der Waals surface area contributed by atoms with Crippen molar-refractivity contribution >= 4 is 11.8 Å². The molecule has 78 valence electrons. The molecule has 0 radical (unpaired) electrons. The Bertz CT molecular complexity index is 560. The van der Waals surface area contributed by atoms with Crippen LogP contribution in [0.1, 0.15) is 11.1 Å². The number of amidine groups is 1. The molecule has 0 spiro atoms. The van der Waals surface area contributed by atoms with Crippen molar-refractivity contribution < 1.29 is 4.58 Å². The summed E-state index contributed by atoms with van der Waals surface area (Å²) in [5.41, 5.74) is 8.38. The minimum Gasteiger partial charge on any atom is -0.334 e. The summed E-state index contributed by atoms with van der Waals surface area (Å²) in [6.45, 7) is 0.742. The molecule has 0 atom stereocenters. The molecule has 0 aliphatic carbocycles. The number of aromatic nitrogens is 2. The van der Waals surface area contributed by atoms with Crippen molar-refractivity contribution in [2.45, 2.75) is 6.54 Å². The molecule has 3 rings (SSSR count). The summed E-state index contributed by atoms with van der Waals surface area (Å²) < 4.78 is 1.92. The first-order valence-electron chi connectivity index (χ1n) is 5.11. The van der Waals surface area contributed by atoms with Crippen LogP contribution in [-0.2, 0) is 6.54 Å². The van der Waals surface area contributed by atoms with Crippen LogP contribution in [0.4, 0.5) is 5.95 Å².